The summed E-state index contributed by atoms with van der Waals surface area (Å²) < 4.78 is 26.6. The van der Waals surface area contributed by atoms with E-state index in [0.717, 1.165) is 27.3 Å². The molecule has 1 atom stereocenters. The number of anilines is 1. The highest BCUT2D eigenvalue weighted by Gasteiger charge is 2.31. The van der Waals surface area contributed by atoms with Crippen LogP contribution < -0.4 is 9.62 Å². The summed E-state index contributed by atoms with van der Waals surface area (Å²) >= 11 is 0. The van der Waals surface area contributed by atoms with Crippen molar-refractivity contribution in [3.63, 3.8) is 0 Å². The monoisotopic (exact) mass is 515 g/mol. The number of sulfonamides is 1. The second kappa shape index (κ2) is 11.0. The predicted octanol–water partition coefficient (Wildman–Crippen LogP) is 4.39. The van der Waals surface area contributed by atoms with Gasteiger partial charge in [-0.2, -0.15) is 0 Å². The molecule has 0 fully saturated rings. The average Bonchev–Trinajstić information content (AvgIpc) is 2.72. The maximum absolute atomic E-state index is 13.6. The molecule has 0 aliphatic carbocycles. The van der Waals surface area contributed by atoms with Gasteiger partial charge in [-0.1, -0.05) is 62.7 Å². The second-order valence-corrected chi connectivity index (χ2v) is 13.4. The van der Waals surface area contributed by atoms with Crippen LogP contribution in [0.15, 0.2) is 48.5 Å². The van der Waals surface area contributed by atoms with E-state index in [-0.39, 0.29) is 17.9 Å². The third kappa shape index (κ3) is 8.36. The lowest BCUT2D eigenvalue weighted by Crippen LogP contribution is -2.54. The van der Waals surface area contributed by atoms with E-state index in [9.17, 15) is 18.0 Å². The van der Waals surface area contributed by atoms with Gasteiger partial charge in [-0.05, 0) is 63.3 Å². The third-order valence-corrected chi connectivity index (χ3v) is 6.94. The molecule has 36 heavy (non-hydrogen) atoms. The van der Waals surface area contributed by atoms with Gasteiger partial charge in [0.15, 0.2) is 0 Å². The Morgan fingerprint density at radius 3 is 2.03 bits per heavy atom. The molecule has 1 N–H and O–H groups in total. The largest absolute Gasteiger partial charge is 0.350 e. The average molecular weight is 516 g/mol. The number of carbonyl (C=O) groups is 2. The molecule has 0 aliphatic rings. The standard InChI is InChI=1S/C28H41N3O4S/c1-20-11-10-12-22(17-20)18-30(21(2)26(33)29-28(6,7)8)25(32)19-31(36(9,34)35)24-15-13-23(14-16-24)27(3,4)5/h10-17,21H,18-19H2,1-9H3,(H,29,33)/t21-/m1/s1. The maximum Gasteiger partial charge on any atom is 0.244 e. The molecule has 198 valence electrons. The van der Waals surface area contributed by atoms with Crippen LogP contribution in [0.4, 0.5) is 5.69 Å². The van der Waals surface area contributed by atoms with E-state index in [1.54, 1.807) is 19.1 Å². The van der Waals surface area contributed by atoms with Crippen LogP contribution in [0.1, 0.15) is 65.2 Å². The zero-order chi connectivity index (χ0) is 27.5. The van der Waals surface area contributed by atoms with E-state index in [2.05, 4.69) is 26.1 Å². The fourth-order valence-corrected chi connectivity index (χ4v) is 4.65. The molecule has 2 amide bonds. The van der Waals surface area contributed by atoms with Gasteiger partial charge in [-0.25, -0.2) is 8.42 Å². The number of hydrogen-bond donors (Lipinski definition) is 1. The van der Waals surface area contributed by atoms with Crippen molar-refractivity contribution in [3.8, 4) is 0 Å². The highest BCUT2D eigenvalue weighted by Crippen LogP contribution is 2.26. The molecular weight excluding hydrogens is 474 g/mol. The number of hydrogen-bond acceptors (Lipinski definition) is 4. The SMILES string of the molecule is Cc1cccc(CN(C(=O)CN(c2ccc(C(C)(C)C)cc2)S(C)(=O)=O)[C@H](C)C(=O)NC(C)(C)C)c1. The zero-order valence-electron chi connectivity index (χ0n) is 23.0. The van der Waals surface area contributed by atoms with Crippen LogP contribution in [0.3, 0.4) is 0 Å². The van der Waals surface area contributed by atoms with Crippen molar-refractivity contribution in [3.05, 3.63) is 65.2 Å². The zero-order valence-corrected chi connectivity index (χ0v) is 23.9. The summed E-state index contributed by atoms with van der Waals surface area (Å²) in [5.41, 5.74) is 2.78. The molecule has 0 spiro atoms. The Kier molecular flexibility index (Phi) is 9.00. The van der Waals surface area contributed by atoms with Crippen LogP contribution in [0.25, 0.3) is 0 Å². The first-order chi connectivity index (χ1) is 16.4. The lowest BCUT2D eigenvalue weighted by atomic mass is 9.87. The van der Waals surface area contributed by atoms with Gasteiger partial charge in [-0.15, -0.1) is 0 Å². The highest BCUT2D eigenvalue weighted by molar-refractivity contribution is 7.92. The van der Waals surface area contributed by atoms with E-state index in [4.69, 9.17) is 0 Å². The van der Waals surface area contributed by atoms with Crippen LogP contribution in [-0.4, -0.2) is 49.5 Å². The van der Waals surface area contributed by atoms with Gasteiger partial charge in [0.2, 0.25) is 21.8 Å². The Bertz CT molecular complexity index is 1180. The van der Waals surface area contributed by atoms with E-state index < -0.39 is 34.1 Å². The lowest BCUT2D eigenvalue weighted by Gasteiger charge is -2.33. The Labute approximate surface area is 216 Å². The quantitative estimate of drug-likeness (QED) is 0.565. The van der Waals surface area contributed by atoms with Crippen LogP contribution in [-0.2, 0) is 31.6 Å². The Morgan fingerprint density at radius 2 is 1.56 bits per heavy atom. The van der Waals surface area contributed by atoms with Crippen molar-refractivity contribution in [2.45, 2.75) is 78.9 Å². The van der Waals surface area contributed by atoms with Gasteiger partial charge in [0.25, 0.3) is 0 Å². The van der Waals surface area contributed by atoms with Crippen molar-refractivity contribution in [2.75, 3.05) is 17.1 Å². The fraction of sp³-hybridized carbons (Fsp3) is 0.500. The minimum atomic E-state index is -3.76. The van der Waals surface area contributed by atoms with Crippen LogP contribution >= 0.6 is 0 Å². The topological polar surface area (TPSA) is 86.8 Å². The first-order valence-electron chi connectivity index (χ1n) is 12.1. The minimum absolute atomic E-state index is 0.0925. The summed E-state index contributed by atoms with van der Waals surface area (Å²) in [5, 5.41) is 2.92. The van der Waals surface area contributed by atoms with Gasteiger partial charge in [-0.3, -0.25) is 13.9 Å². The molecule has 0 radical (unpaired) electrons. The van der Waals surface area contributed by atoms with Gasteiger partial charge >= 0.3 is 0 Å². The van der Waals surface area contributed by atoms with Crippen LogP contribution in [0, 0.1) is 6.92 Å². The van der Waals surface area contributed by atoms with Crippen LogP contribution in [0.2, 0.25) is 0 Å². The number of aryl methyl sites for hydroxylation is 1. The molecule has 2 aromatic rings. The van der Waals surface area contributed by atoms with Gasteiger partial charge in [0.1, 0.15) is 12.6 Å². The summed E-state index contributed by atoms with van der Waals surface area (Å²) in [6.07, 6.45) is 1.08. The van der Waals surface area contributed by atoms with Crippen molar-refractivity contribution >= 4 is 27.5 Å². The summed E-state index contributed by atoms with van der Waals surface area (Å²) in [5.74, 6) is -0.762. The predicted molar refractivity (Wildman–Crippen MR) is 146 cm³/mol. The molecule has 0 heterocycles. The summed E-state index contributed by atoms with van der Waals surface area (Å²) in [6, 6.07) is 14.1. The number of nitrogens with one attached hydrogen (secondary N) is 1. The van der Waals surface area contributed by atoms with E-state index >= 15 is 0 Å². The molecule has 0 unspecified atom stereocenters. The van der Waals surface area contributed by atoms with Crippen LogP contribution in [0.5, 0.6) is 0 Å². The summed E-state index contributed by atoms with van der Waals surface area (Å²) in [6.45, 7) is 15.2. The molecule has 7 nitrogen and oxygen atoms in total. The third-order valence-electron chi connectivity index (χ3n) is 5.80. The number of benzene rings is 2. The highest BCUT2D eigenvalue weighted by atomic mass is 32.2. The molecule has 8 heteroatoms. The summed E-state index contributed by atoms with van der Waals surface area (Å²) in [4.78, 5) is 28.1. The number of amides is 2. The Balaban J connectivity index is 2.42. The van der Waals surface area contributed by atoms with Gasteiger partial charge in [0, 0.05) is 12.1 Å². The Morgan fingerprint density at radius 1 is 0.972 bits per heavy atom. The molecular formula is C28H41N3O4S. The van der Waals surface area contributed by atoms with Crippen molar-refractivity contribution in [1.82, 2.24) is 10.2 Å². The molecule has 2 rings (SSSR count). The molecule has 0 saturated heterocycles. The van der Waals surface area contributed by atoms with Crippen molar-refractivity contribution in [2.24, 2.45) is 0 Å². The Hall–Kier alpha value is -2.87. The second-order valence-electron chi connectivity index (χ2n) is 11.5. The first-order valence-corrected chi connectivity index (χ1v) is 14.0. The number of nitrogens with zero attached hydrogens (tertiary/aromatic N) is 2. The minimum Gasteiger partial charge on any atom is -0.350 e. The summed E-state index contributed by atoms with van der Waals surface area (Å²) in [7, 11) is -3.76. The molecule has 0 saturated carbocycles. The van der Waals surface area contributed by atoms with Crippen molar-refractivity contribution < 1.29 is 18.0 Å². The normalized spacial score (nSPS) is 13.1. The van der Waals surface area contributed by atoms with E-state index in [0.29, 0.717) is 5.69 Å². The van der Waals surface area contributed by atoms with E-state index in [1.807, 2.05) is 64.1 Å². The maximum atomic E-state index is 13.6. The molecule has 2 aromatic carbocycles. The molecule has 0 aliphatic heterocycles. The number of rotatable bonds is 8. The van der Waals surface area contributed by atoms with Crippen molar-refractivity contribution in [1.29, 1.82) is 0 Å². The van der Waals surface area contributed by atoms with E-state index in [1.165, 1.54) is 4.90 Å². The molecule has 0 aromatic heterocycles. The molecule has 0 bridgehead atoms. The first kappa shape index (κ1) is 29.4. The van der Waals surface area contributed by atoms with Gasteiger partial charge < -0.3 is 10.2 Å². The number of carbonyl (C=O) groups excluding carboxylic acids is 2. The lowest BCUT2D eigenvalue weighted by molar-refractivity contribution is -0.140. The smallest absolute Gasteiger partial charge is 0.244 e. The fourth-order valence-electron chi connectivity index (χ4n) is 3.81. The van der Waals surface area contributed by atoms with Gasteiger partial charge in [0.05, 0.1) is 11.9 Å².